The van der Waals surface area contributed by atoms with Crippen LogP contribution in [0.2, 0.25) is 5.15 Å². The first-order chi connectivity index (χ1) is 5.66. The molecular weight excluding hydrogens is 172 g/mol. The van der Waals surface area contributed by atoms with Crippen LogP contribution in [0.4, 0.5) is 0 Å². The first-order valence-electron chi connectivity index (χ1n) is 3.45. The third kappa shape index (κ3) is 1.08. The standard InChI is InChI=1S/C7H5BClN3/c1-4-10-7(9)6-2-5(8)3-12(6)11-4/h2-3H,1H3. The summed E-state index contributed by atoms with van der Waals surface area (Å²) in [6.45, 7) is 1.78. The second-order valence-electron chi connectivity index (χ2n) is 2.55. The molecule has 0 fully saturated rings. The number of aryl methyl sites for hydroxylation is 1. The van der Waals surface area contributed by atoms with Gasteiger partial charge in [0.2, 0.25) is 0 Å². The first kappa shape index (κ1) is 7.62. The molecule has 0 aliphatic heterocycles. The lowest BCUT2D eigenvalue weighted by Crippen LogP contribution is -1.98. The van der Waals surface area contributed by atoms with E-state index in [1.807, 2.05) is 0 Å². The Bertz CT molecular complexity index is 437. The Labute approximate surface area is 75.8 Å². The molecule has 0 aliphatic carbocycles. The highest BCUT2D eigenvalue weighted by Gasteiger charge is 2.03. The molecule has 0 saturated heterocycles. The molecule has 5 heteroatoms. The largest absolute Gasteiger partial charge is 0.237 e. The Hall–Kier alpha value is -1.03. The predicted octanol–water partition coefficient (Wildman–Crippen LogP) is 0.485. The highest BCUT2D eigenvalue weighted by Crippen LogP contribution is 2.12. The summed E-state index contributed by atoms with van der Waals surface area (Å²) in [7, 11) is 5.56. The van der Waals surface area contributed by atoms with Gasteiger partial charge in [0.15, 0.2) is 5.15 Å². The molecule has 0 N–H and O–H groups in total. The SMILES string of the molecule is [B]c1cc2c(Cl)nc(C)nn2c1. The minimum absolute atomic E-state index is 0.430. The van der Waals surface area contributed by atoms with Crippen molar-refractivity contribution in [2.45, 2.75) is 6.92 Å². The minimum atomic E-state index is 0.430. The maximum Gasteiger partial charge on any atom is 0.156 e. The molecular formula is C7H5BClN3. The molecule has 0 aliphatic rings. The summed E-state index contributed by atoms with van der Waals surface area (Å²) in [5.41, 5.74) is 1.37. The van der Waals surface area contributed by atoms with Crippen molar-refractivity contribution in [1.29, 1.82) is 0 Å². The highest BCUT2D eigenvalue weighted by molar-refractivity contribution is 6.35. The van der Waals surface area contributed by atoms with Crippen LogP contribution in [-0.4, -0.2) is 22.4 Å². The van der Waals surface area contributed by atoms with Gasteiger partial charge in [-0.3, -0.25) is 0 Å². The number of hydrogen-bond donors (Lipinski definition) is 0. The van der Waals surface area contributed by atoms with Gasteiger partial charge < -0.3 is 0 Å². The second kappa shape index (κ2) is 2.49. The van der Waals surface area contributed by atoms with Crippen molar-refractivity contribution < 1.29 is 0 Å². The molecule has 2 aromatic heterocycles. The molecule has 2 rings (SSSR count). The van der Waals surface area contributed by atoms with Gasteiger partial charge in [0.1, 0.15) is 19.2 Å². The number of halogens is 1. The molecule has 0 saturated carbocycles. The first-order valence-corrected chi connectivity index (χ1v) is 3.82. The monoisotopic (exact) mass is 177 g/mol. The Morgan fingerprint density at radius 3 is 3.08 bits per heavy atom. The molecule has 0 spiro atoms. The molecule has 58 valence electrons. The van der Waals surface area contributed by atoms with Gasteiger partial charge in [0.25, 0.3) is 0 Å². The second-order valence-corrected chi connectivity index (χ2v) is 2.91. The van der Waals surface area contributed by atoms with Gasteiger partial charge in [-0.25, -0.2) is 9.50 Å². The zero-order valence-electron chi connectivity index (χ0n) is 6.45. The summed E-state index contributed by atoms with van der Waals surface area (Å²) in [6, 6.07) is 1.74. The van der Waals surface area contributed by atoms with Crippen LogP contribution >= 0.6 is 11.6 Å². The third-order valence-electron chi connectivity index (χ3n) is 1.55. The van der Waals surface area contributed by atoms with E-state index < -0.39 is 0 Å². The van der Waals surface area contributed by atoms with Gasteiger partial charge in [-0.2, -0.15) is 5.10 Å². The van der Waals surface area contributed by atoms with E-state index in [9.17, 15) is 0 Å². The van der Waals surface area contributed by atoms with Crippen LogP contribution in [0.25, 0.3) is 5.52 Å². The fourth-order valence-corrected chi connectivity index (χ4v) is 1.35. The van der Waals surface area contributed by atoms with Crippen LogP contribution in [-0.2, 0) is 0 Å². The van der Waals surface area contributed by atoms with Gasteiger partial charge in [0.05, 0.1) is 0 Å². The van der Waals surface area contributed by atoms with Crippen LogP contribution in [0.3, 0.4) is 0 Å². The number of nitrogens with zero attached hydrogens (tertiary/aromatic N) is 3. The molecule has 3 nitrogen and oxygen atoms in total. The van der Waals surface area contributed by atoms with Crippen LogP contribution in [0, 0.1) is 6.92 Å². The van der Waals surface area contributed by atoms with Crippen molar-refractivity contribution >= 4 is 30.4 Å². The number of rotatable bonds is 0. The molecule has 0 amide bonds. The van der Waals surface area contributed by atoms with Gasteiger partial charge in [0, 0.05) is 6.20 Å². The smallest absolute Gasteiger partial charge is 0.156 e. The van der Waals surface area contributed by atoms with Crippen LogP contribution in [0.1, 0.15) is 5.82 Å². The maximum absolute atomic E-state index is 5.85. The van der Waals surface area contributed by atoms with E-state index in [4.69, 9.17) is 19.4 Å². The molecule has 0 unspecified atom stereocenters. The average molecular weight is 177 g/mol. The van der Waals surface area contributed by atoms with E-state index in [1.54, 1.807) is 23.7 Å². The van der Waals surface area contributed by atoms with Crippen molar-refractivity contribution in [2.75, 3.05) is 0 Å². The summed E-state index contributed by atoms with van der Waals surface area (Å²) in [5, 5.41) is 4.53. The molecule has 12 heavy (non-hydrogen) atoms. The zero-order valence-corrected chi connectivity index (χ0v) is 7.21. The summed E-state index contributed by atoms with van der Waals surface area (Å²) in [4.78, 5) is 3.99. The van der Waals surface area contributed by atoms with Crippen LogP contribution in [0.5, 0.6) is 0 Å². The van der Waals surface area contributed by atoms with Crippen molar-refractivity contribution in [3.8, 4) is 0 Å². The van der Waals surface area contributed by atoms with E-state index >= 15 is 0 Å². The summed E-state index contributed by atoms with van der Waals surface area (Å²) < 4.78 is 1.62. The highest BCUT2D eigenvalue weighted by atomic mass is 35.5. The fraction of sp³-hybridized carbons (Fsp3) is 0.143. The van der Waals surface area contributed by atoms with Crippen molar-refractivity contribution in [2.24, 2.45) is 0 Å². The quantitative estimate of drug-likeness (QED) is 0.548. The zero-order chi connectivity index (χ0) is 8.72. The number of fused-ring (bicyclic) bond motifs is 1. The Morgan fingerprint density at radius 2 is 2.33 bits per heavy atom. The lowest BCUT2D eigenvalue weighted by molar-refractivity contribution is 0.858. The van der Waals surface area contributed by atoms with E-state index in [1.165, 1.54) is 0 Å². The van der Waals surface area contributed by atoms with E-state index in [0.29, 0.717) is 16.4 Å². The van der Waals surface area contributed by atoms with Gasteiger partial charge in [-0.15, -0.1) is 0 Å². The Balaban J connectivity index is 2.88. The van der Waals surface area contributed by atoms with E-state index in [2.05, 4.69) is 10.1 Å². The lowest BCUT2D eigenvalue weighted by Gasteiger charge is -1.96. The Kier molecular flexibility index (Phi) is 1.58. The Morgan fingerprint density at radius 1 is 1.58 bits per heavy atom. The number of hydrogen-bond acceptors (Lipinski definition) is 2. The predicted molar refractivity (Wildman–Crippen MR) is 48.1 cm³/mol. The van der Waals surface area contributed by atoms with Crippen LogP contribution < -0.4 is 5.46 Å². The van der Waals surface area contributed by atoms with E-state index in [0.717, 1.165) is 5.52 Å². The molecule has 2 aromatic rings. The van der Waals surface area contributed by atoms with Crippen LogP contribution in [0.15, 0.2) is 12.3 Å². The molecule has 2 heterocycles. The summed E-state index contributed by atoms with van der Waals surface area (Å²) in [6.07, 6.45) is 1.70. The van der Waals surface area contributed by atoms with Gasteiger partial charge in [-0.1, -0.05) is 17.1 Å². The van der Waals surface area contributed by atoms with Crippen molar-refractivity contribution in [3.05, 3.63) is 23.2 Å². The lowest BCUT2D eigenvalue weighted by atomic mass is 10.0. The summed E-state index contributed by atoms with van der Waals surface area (Å²) >= 11 is 5.85. The molecule has 0 bridgehead atoms. The minimum Gasteiger partial charge on any atom is -0.237 e. The van der Waals surface area contributed by atoms with Gasteiger partial charge in [-0.05, 0) is 13.0 Å². The topological polar surface area (TPSA) is 30.2 Å². The normalized spacial score (nSPS) is 10.8. The fourth-order valence-electron chi connectivity index (χ4n) is 1.09. The third-order valence-corrected chi connectivity index (χ3v) is 1.82. The maximum atomic E-state index is 5.85. The van der Waals surface area contributed by atoms with Crippen molar-refractivity contribution in [1.82, 2.24) is 14.6 Å². The number of aromatic nitrogens is 3. The summed E-state index contributed by atoms with van der Waals surface area (Å²) in [5.74, 6) is 0.628. The average Bonchev–Trinajstić information content (AvgIpc) is 2.29. The van der Waals surface area contributed by atoms with Gasteiger partial charge >= 0.3 is 0 Å². The molecule has 2 radical (unpaired) electrons. The van der Waals surface area contributed by atoms with E-state index in [-0.39, 0.29) is 0 Å². The molecule has 0 aromatic carbocycles. The molecule has 0 atom stereocenters. The van der Waals surface area contributed by atoms with Crippen molar-refractivity contribution in [3.63, 3.8) is 0 Å².